The molecule has 1 N–H and O–H groups in total. The molecule has 1 heterocycles. The number of imide groups is 1. The van der Waals surface area contributed by atoms with E-state index in [0.29, 0.717) is 25.9 Å². The minimum Gasteiger partial charge on any atom is -0.318 e. The Morgan fingerprint density at radius 2 is 1.79 bits per heavy atom. The van der Waals surface area contributed by atoms with Crippen LogP contribution in [-0.2, 0) is 9.59 Å². The number of nitrogens with one attached hydrogen (secondary N) is 1. The third-order valence-corrected chi connectivity index (χ3v) is 2.45. The van der Waals surface area contributed by atoms with Crippen LogP contribution in [0, 0.1) is 5.41 Å². The van der Waals surface area contributed by atoms with Gasteiger partial charge in [0.2, 0.25) is 11.8 Å². The van der Waals surface area contributed by atoms with Crippen LogP contribution in [0.2, 0.25) is 0 Å². The van der Waals surface area contributed by atoms with Crippen LogP contribution in [0.25, 0.3) is 0 Å². The maximum absolute atomic E-state index is 11.6. The lowest BCUT2D eigenvalue weighted by molar-refractivity contribution is -0.152. The molecule has 1 rings (SSSR count). The van der Waals surface area contributed by atoms with Crippen LogP contribution in [0.15, 0.2) is 0 Å². The van der Waals surface area contributed by atoms with Gasteiger partial charge in [-0.1, -0.05) is 13.8 Å². The van der Waals surface area contributed by atoms with Gasteiger partial charge in [-0.15, -0.1) is 0 Å². The van der Waals surface area contributed by atoms with Gasteiger partial charge >= 0.3 is 0 Å². The molecule has 0 unspecified atom stereocenters. The second-order valence-electron chi connectivity index (χ2n) is 4.56. The van der Waals surface area contributed by atoms with Crippen molar-refractivity contribution in [3.8, 4) is 0 Å². The van der Waals surface area contributed by atoms with Gasteiger partial charge in [-0.2, -0.15) is 0 Å². The predicted octanol–water partition coefficient (Wildman–Crippen LogP) is 0.381. The summed E-state index contributed by atoms with van der Waals surface area (Å²) in [6.07, 6.45) is 0.949. The molecular formula is C10H18N2O2. The van der Waals surface area contributed by atoms with Crippen molar-refractivity contribution in [2.45, 2.75) is 26.7 Å². The quantitative estimate of drug-likeness (QED) is 0.667. The Kier molecular flexibility index (Phi) is 3.26. The zero-order valence-electron chi connectivity index (χ0n) is 9.09. The number of likely N-dealkylation sites (N-methyl/N-ethyl adjacent to an activating group) is 1. The molecule has 0 aromatic rings. The van der Waals surface area contributed by atoms with Crippen molar-refractivity contribution >= 4 is 11.8 Å². The summed E-state index contributed by atoms with van der Waals surface area (Å²) < 4.78 is 0. The van der Waals surface area contributed by atoms with Crippen molar-refractivity contribution in [1.82, 2.24) is 10.2 Å². The zero-order chi connectivity index (χ0) is 10.8. The van der Waals surface area contributed by atoms with E-state index in [0.717, 1.165) is 0 Å². The first-order valence-electron chi connectivity index (χ1n) is 4.94. The minimum atomic E-state index is -0.162. The van der Waals surface area contributed by atoms with E-state index in [2.05, 4.69) is 5.32 Å². The SMILES string of the molecule is CNCCN1C(=O)CC(C)(C)CC1=O. The average Bonchev–Trinajstić information content (AvgIpc) is 2.00. The molecule has 1 fully saturated rings. The van der Waals surface area contributed by atoms with Crippen LogP contribution in [0.1, 0.15) is 26.7 Å². The Bertz CT molecular complexity index is 229. The number of amides is 2. The fourth-order valence-electron chi connectivity index (χ4n) is 1.68. The molecule has 2 amide bonds. The smallest absolute Gasteiger partial charge is 0.229 e. The molecule has 1 aliphatic rings. The van der Waals surface area contributed by atoms with Crippen molar-refractivity contribution < 1.29 is 9.59 Å². The predicted molar refractivity (Wildman–Crippen MR) is 53.7 cm³/mol. The Morgan fingerprint density at radius 3 is 2.21 bits per heavy atom. The zero-order valence-corrected chi connectivity index (χ0v) is 9.09. The number of hydrogen-bond acceptors (Lipinski definition) is 3. The number of carbonyl (C=O) groups is 2. The topological polar surface area (TPSA) is 49.4 Å². The van der Waals surface area contributed by atoms with E-state index < -0.39 is 0 Å². The molecule has 80 valence electrons. The van der Waals surface area contributed by atoms with Crippen molar-refractivity contribution in [2.75, 3.05) is 20.1 Å². The van der Waals surface area contributed by atoms with E-state index in [1.807, 2.05) is 20.9 Å². The molecule has 4 nitrogen and oxygen atoms in total. The summed E-state index contributed by atoms with van der Waals surface area (Å²) in [4.78, 5) is 24.6. The van der Waals surface area contributed by atoms with Gasteiger partial charge < -0.3 is 5.32 Å². The van der Waals surface area contributed by atoms with Gasteiger partial charge in [0.05, 0.1) is 0 Å². The van der Waals surface area contributed by atoms with E-state index in [9.17, 15) is 9.59 Å². The highest BCUT2D eigenvalue weighted by Gasteiger charge is 2.36. The Balaban J connectivity index is 2.62. The van der Waals surface area contributed by atoms with Gasteiger partial charge in [-0.05, 0) is 12.5 Å². The highest BCUT2D eigenvalue weighted by Crippen LogP contribution is 2.31. The van der Waals surface area contributed by atoms with Gasteiger partial charge in [0.15, 0.2) is 0 Å². The standard InChI is InChI=1S/C10H18N2O2/c1-10(2)6-8(13)12(5-4-11-3)9(14)7-10/h11H,4-7H2,1-3H3. The molecule has 0 aliphatic carbocycles. The Hall–Kier alpha value is -0.900. The first-order chi connectivity index (χ1) is 6.46. The Morgan fingerprint density at radius 1 is 1.29 bits per heavy atom. The molecule has 0 aromatic carbocycles. The number of nitrogens with zero attached hydrogens (tertiary/aromatic N) is 1. The van der Waals surface area contributed by atoms with Gasteiger partial charge in [0, 0.05) is 25.9 Å². The number of likely N-dealkylation sites (tertiary alicyclic amines) is 1. The minimum absolute atomic E-state index is 0.0403. The van der Waals surface area contributed by atoms with Crippen LogP contribution in [0.5, 0.6) is 0 Å². The van der Waals surface area contributed by atoms with Crippen LogP contribution in [0.3, 0.4) is 0 Å². The van der Waals surface area contributed by atoms with Crippen molar-refractivity contribution in [3.63, 3.8) is 0 Å². The highest BCUT2D eigenvalue weighted by atomic mass is 16.2. The number of hydrogen-bond donors (Lipinski definition) is 1. The summed E-state index contributed by atoms with van der Waals surface area (Å²) in [6.45, 7) is 5.07. The number of rotatable bonds is 3. The molecule has 0 atom stereocenters. The van der Waals surface area contributed by atoms with E-state index in [4.69, 9.17) is 0 Å². The van der Waals surface area contributed by atoms with Crippen LogP contribution >= 0.6 is 0 Å². The number of carbonyl (C=O) groups excluding carboxylic acids is 2. The molecule has 0 bridgehead atoms. The third-order valence-electron chi connectivity index (χ3n) is 2.45. The molecule has 14 heavy (non-hydrogen) atoms. The lowest BCUT2D eigenvalue weighted by Crippen LogP contribution is -2.48. The molecule has 0 aromatic heterocycles. The molecule has 4 heteroatoms. The van der Waals surface area contributed by atoms with Crippen LogP contribution < -0.4 is 5.32 Å². The molecule has 1 saturated heterocycles. The summed E-state index contributed by atoms with van der Waals surface area (Å²) >= 11 is 0. The lowest BCUT2D eigenvalue weighted by Gasteiger charge is -2.34. The monoisotopic (exact) mass is 198 g/mol. The summed E-state index contributed by atoms with van der Waals surface area (Å²) in [5.41, 5.74) is -0.162. The number of piperidine rings is 1. The normalized spacial score (nSPS) is 21.5. The molecule has 0 spiro atoms. The van der Waals surface area contributed by atoms with E-state index in [-0.39, 0.29) is 17.2 Å². The fraction of sp³-hybridized carbons (Fsp3) is 0.800. The molecule has 0 radical (unpaired) electrons. The summed E-state index contributed by atoms with van der Waals surface area (Å²) in [6, 6.07) is 0. The first-order valence-corrected chi connectivity index (χ1v) is 4.94. The van der Waals surface area contributed by atoms with Crippen molar-refractivity contribution in [1.29, 1.82) is 0 Å². The second-order valence-corrected chi connectivity index (χ2v) is 4.56. The van der Waals surface area contributed by atoms with Crippen molar-refractivity contribution in [2.24, 2.45) is 5.41 Å². The summed E-state index contributed by atoms with van der Waals surface area (Å²) in [7, 11) is 1.81. The van der Waals surface area contributed by atoms with E-state index in [1.165, 1.54) is 4.90 Å². The van der Waals surface area contributed by atoms with Gasteiger partial charge in [0.25, 0.3) is 0 Å². The van der Waals surface area contributed by atoms with Gasteiger partial charge in [-0.3, -0.25) is 14.5 Å². The van der Waals surface area contributed by atoms with E-state index >= 15 is 0 Å². The maximum atomic E-state index is 11.6. The second kappa shape index (κ2) is 4.09. The van der Waals surface area contributed by atoms with Crippen LogP contribution in [0.4, 0.5) is 0 Å². The highest BCUT2D eigenvalue weighted by molar-refractivity contribution is 5.98. The molecular weight excluding hydrogens is 180 g/mol. The first kappa shape index (κ1) is 11.2. The van der Waals surface area contributed by atoms with Gasteiger partial charge in [-0.25, -0.2) is 0 Å². The molecule has 0 saturated carbocycles. The average molecular weight is 198 g/mol. The largest absolute Gasteiger partial charge is 0.318 e. The Labute approximate surface area is 84.7 Å². The summed E-state index contributed by atoms with van der Waals surface area (Å²) in [5, 5.41) is 2.93. The lowest BCUT2D eigenvalue weighted by atomic mass is 9.82. The van der Waals surface area contributed by atoms with Gasteiger partial charge in [0.1, 0.15) is 0 Å². The fourth-order valence-corrected chi connectivity index (χ4v) is 1.68. The molecule has 1 aliphatic heterocycles. The van der Waals surface area contributed by atoms with Crippen LogP contribution in [-0.4, -0.2) is 36.9 Å². The van der Waals surface area contributed by atoms with Crippen molar-refractivity contribution in [3.05, 3.63) is 0 Å². The maximum Gasteiger partial charge on any atom is 0.229 e. The summed E-state index contributed by atoms with van der Waals surface area (Å²) in [5.74, 6) is -0.0806. The third kappa shape index (κ3) is 2.54. The van der Waals surface area contributed by atoms with E-state index in [1.54, 1.807) is 0 Å².